The number of aryl methyl sites for hydroxylation is 2. The van der Waals surface area contributed by atoms with Gasteiger partial charge in [-0.05, 0) is 48.0 Å². The van der Waals surface area contributed by atoms with Gasteiger partial charge in [-0.2, -0.15) is 5.10 Å². The highest BCUT2D eigenvalue weighted by Crippen LogP contribution is 2.24. The summed E-state index contributed by atoms with van der Waals surface area (Å²) in [5.74, 6) is -0.617. The monoisotopic (exact) mass is 325 g/mol. The van der Waals surface area contributed by atoms with Gasteiger partial charge in [-0.15, -0.1) is 0 Å². The van der Waals surface area contributed by atoms with Crippen LogP contribution in [0, 0.1) is 19.7 Å². The van der Waals surface area contributed by atoms with Crippen LogP contribution in [0.4, 0.5) is 10.1 Å². The van der Waals surface area contributed by atoms with E-state index in [9.17, 15) is 9.18 Å². The van der Waals surface area contributed by atoms with Crippen LogP contribution in [0.5, 0.6) is 0 Å². The molecule has 1 amide bonds. The number of carbonyl (C=O) groups is 1. The summed E-state index contributed by atoms with van der Waals surface area (Å²) in [6, 6.07) is 4.11. The molecule has 1 heterocycles. The second kappa shape index (κ2) is 5.13. The molecule has 0 bridgehead atoms. The number of hydrogen-bond acceptors (Lipinski definition) is 2. The van der Waals surface area contributed by atoms with Crippen LogP contribution in [-0.2, 0) is 7.05 Å². The molecule has 1 aromatic heterocycles. The number of nitrogens with one attached hydrogen (secondary N) is 1. The van der Waals surface area contributed by atoms with Crippen molar-refractivity contribution in [2.75, 3.05) is 5.32 Å². The molecule has 0 aliphatic rings. The first-order valence-electron chi connectivity index (χ1n) is 5.66. The van der Waals surface area contributed by atoms with Gasteiger partial charge in [-0.3, -0.25) is 9.48 Å². The molecule has 0 fully saturated rings. The molecule has 0 atom stereocenters. The predicted octanol–water partition coefficient (Wildman–Crippen LogP) is 3.19. The van der Waals surface area contributed by atoms with Crippen LogP contribution in [0.15, 0.2) is 22.7 Å². The van der Waals surface area contributed by atoms with Crippen molar-refractivity contribution in [1.82, 2.24) is 9.78 Å². The van der Waals surface area contributed by atoms with Crippen molar-refractivity contribution in [3.05, 3.63) is 45.4 Å². The Morgan fingerprint density at radius 1 is 1.42 bits per heavy atom. The number of carbonyl (C=O) groups excluding carboxylic acids is 1. The van der Waals surface area contributed by atoms with Crippen LogP contribution in [0.2, 0.25) is 0 Å². The van der Waals surface area contributed by atoms with Gasteiger partial charge in [-0.1, -0.05) is 0 Å². The van der Waals surface area contributed by atoms with Crippen molar-refractivity contribution in [3.63, 3.8) is 0 Å². The number of halogens is 2. The molecular formula is C13H13BrFN3O. The number of nitrogens with zero attached hydrogens (tertiary/aromatic N) is 2. The minimum absolute atomic E-state index is 0.254. The SMILES string of the molecule is Cc1nn(C)c(C)c1C(=O)Nc1ccc(F)cc1Br. The summed E-state index contributed by atoms with van der Waals surface area (Å²) in [5, 5.41) is 6.94. The molecule has 2 rings (SSSR count). The van der Waals surface area contributed by atoms with Crippen LogP contribution in [0.25, 0.3) is 0 Å². The topological polar surface area (TPSA) is 46.9 Å². The molecule has 1 aromatic carbocycles. The van der Waals surface area contributed by atoms with Gasteiger partial charge in [0.25, 0.3) is 5.91 Å². The molecule has 0 saturated carbocycles. The average molecular weight is 326 g/mol. The van der Waals surface area contributed by atoms with E-state index in [1.165, 1.54) is 18.2 Å². The summed E-state index contributed by atoms with van der Waals surface area (Å²) in [7, 11) is 1.78. The fourth-order valence-electron chi connectivity index (χ4n) is 1.88. The van der Waals surface area contributed by atoms with E-state index in [1.54, 1.807) is 18.7 Å². The van der Waals surface area contributed by atoms with Gasteiger partial charge in [0, 0.05) is 17.2 Å². The molecule has 19 heavy (non-hydrogen) atoms. The van der Waals surface area contributed by atoms with Crippen LogP contribution in [0.1, 0.15) is 21.7 Å². The lowest BCUT2D eigenvalue weighted by atomic mass is 10.2. The molecule has 0 unspecified atom stereocenters. The van der Waals surface area contributed by atoms with E-state index in [0.29, 0.717) is 21.4 Å². The van der Waals surface area contributed by atoms with Crippen molar-refractivity contribution in [1.29, 1.82) is 0 Å². The fourth-order valence-corrected chi connectivity index (χ4v) is 2.33. The van der Waals surface area contributed by atoms with E-state index in [1.807, 2.05) is 6.92 Å². The van der Waals surface area contributed by atoms with Gasteiger partial charge in [0.15, 0.2) is 0 Å². The summed E-state index contributed by atoms with van der Waals surface area (Å²) in [6.07, 6.45) is 0. The third-order valence-corrected chi connectivity index (χ3v) is 3.57. The third kappa shape index (κ3) is 2.68. The standard InChI is InChI=1S/C13H13BrFN3O/c1-7-12(8(2)18(3)17-7)13(19)16-11-5-4-9(15)6-10(11)14/h4-6H,1-3H3,(H,16,19). The van der Waals surface area contributed by atoms with E-state index < -0.39 is 0 Å². The first kappa shape index (κ1) is 13.7. The maximum absolute atomic E-state index is 13.0. The van der Waals surface area contributed by atoms with E-state index in [-0.39, 0.29) is 11.7 Å². The normalized spacial score (nSPS) is 10.6. The molecule has 0 radical (unpaired) electrons. The van der Waals surface area contributed by atoms with Gasteiger partial charge in [-0.25, -0.2) is 4.39 Å². The van der Waals surface area contributed by atoms with E-state index in [2.05, 4.69) is 26.3 Å². The molecule has 6 heteroatoms. The van der Waals surface area contributed by atoms with Crippen LogP contribution >= 0.6 is 15.9 Å². The molecular weight excluding hydrogens is 313 g/mol. The molecule has 4 nitrogen and oxygen atoms in total. The largest absolute Gasteiger partial charge is 0.321 e. The smallest absolute Gasteiger partial charge is 0.259 e. The van der Waals surface area contributed by atoms with Gasteiger partial charge in [0.05, 0.1) is 16.9 Å². The summed E-state index contributed by atoms with van der Waals surface area (Å²) >= 11 is 3.21. The quantitative estimate of drug-likeness (QED) is 0.921. The van der Waals surface area contributed by atoms with Crippen LogP contribution < -0.4 is 5.32 Å². The third-order valence-electron chi connectivity index (χ3n) is 2.92. The highest BCUT2D eigenvalue weighted by atomic mass is 79.9. The number of anilines is 1. The Bertz CT molecular complexity index is 652. The predicted molar refractivity (Wildman–Crippen MR) is 74.7 cm³/mol. The molecule has 100 valence electrons. The Morgan fingerprint density at radius 2 is 2.11 bits per heavy atom. The maximum atomic E-state index is 13.0. The van der Waals surface area contributed by atoms with Crippen molar-refractivity contribution in [3.8, 4) is 0 Å². The lowest BCUT2D eigenvalue weighted by molar-refractivity contribution is 0.102. The lowest BCUT2D eigenvalue weighted by Crippen LogP contribution is -2.14. The van der Waals surface area contributed by atoms with Crippen molar-refractivity contribution in [2.45, 2.75) is 13.8 Å². The maximum Gasteiger partial charge on any atom is 0.259 e. The molecule has 0 aliphatic carbocycles. The molecule has 2 aromatic rings. The number of amides is 1. The first-order chi connectivity index (χ1) is 8.90. The number of benzene rings is 1. The minimum atomic E-state index is -0.362. The Morgan fingerprint density at radius 3 is 2.63 bits per heavy atom. The molecule has 0 aliphatic heterocycles. The van der Waals surface area contributed by atoms with Gasteiger partial charge < -0.3 is 5.32 Å². The summed E-state index contributed by atoms with van der Waals surface area (Å²) in [6.45, 7) is 3.61. The summed E-state index contributed by atoms with van der Waals surface area (Å²) < 4.78 is 15.1. The highest BCUT2D eigenvalue weighted by Gasteiger charge is 2.18. The highest BCUT2D eigenvalue weighted by molar-refractivity contribution is 9.10. The second-order valence-electron chi connectivity index (χ2n) is 4.25. The summed E-state index contributed by atoms with van der Waals surface area (Å²) in [4.78, 5) is 12.2. The number of rotatable bonds is 2. The molecule has 0 saturated heterocycles. The van der Waals surface area contributed by atoms with Crippen molar-refractivity contribution >= 4 is 27.5 Å². The van der Waals surface area contributed by atoms with Gasteiger partial charge >= 0.3 is 0 Å². The number of aromatic nitrogens is 2. The Kier molecular flexibility index (Phi) is 3.71. The Labute approximate surface area is 118 Å². The number of hydrogen-bond donors (Lipinski definition) is 1. The zero-order valence-corrected chi connectivity index (χ0v) is 12.4. The van der Waals surface area contributed by atoms with Crippen LogP contribution in [-0.4, -0.2) is 15.7 Å². The lowest BCUT2D eigenvalue weighted by Gasteiger charge is -2.07. The Hall–Kier alpha value is -1.69. The first-order valence-corrected chi connectivity index (χ1v) is 6.46. The molecule has 1 N–H and O–H groups in total. The Balaban J connectivity index is 2.31. The van der Waals surface area contributed by atoms with E-state index >= 15 is 0 Å². The van der Waals surface area contributed by atoms with Gasteiger partial charge in [0.2, 0.25) is 0 Å². The summed E-state index contributed by atoms with van der Waals surface area (Å²) in [5.41, 5.74) is 2.51. The minimum Gasteiger partial charge on any atom is -0.321 e. The average Bonchev–Trinajstić information content (AvgIpc) is 2.57. The van der Waals surface area contributed by atoms with Crippen LogP contribution in [0.3, 0.4) is 0 Å². The second-order valence-corrected chi connectivity index (χ2v) is 5.10. The van der Waals surface area contributed by atoms with Gasteiger partial charge in [0.1, 0.15) is 5.82 Å². The van der Waals surface area contributed by atoms with E-state index in [4.69, 9.17) is 0 Å². The zero-order valence-electron chi connectivity index (χ0n) is 10.8. The molecule has 0 spiro atoms. The van der Waals surface area contributed by atoms with Crippen molar-refractivity contribution < 1.29 is 9.18 Å². The van der Waals surface area contributed by atoms with E-state index in [0.717, 1.165) is 5.69 Å². The zero-order chi connectivity index (χ0) is 14.2. The fraction of sp³-hybridized carbons (Fsp3) is 0.231. The van der Waals surface area contributed by atoms with Crippen molar-refractivity contribution in [2.24, 2.45) is 7.05 Å².